The van der Waals surface area contributed by atoms with Gasteiger partial charge in [0.2, 0.25) is 11.8 Å². The summed E-state index contributed by atoms with van der Waals surface area (Å²) in [6, 6.07) is 14.1. The topological polar surface area (TPSA) is 105 Å². The molecule has 1 aliphatic carbocycles. The number of fused-ring (bicyclic) bond motifs is 1. The lowest BCUT2D eigenvalue weighted by Gasteiger charge is -2.33. The third kappa shape index (κ3) is 3.62. The van der Waals surface area contributed by atoms with E-state index in [4.69, 9.17) is 4.42 Å². The zero-order chi connectivity index (χ0) is 22.3. The lowest BCUT2D eigenvalue weighted by molar-refractivity contribution is -0.135. The summed E-state index contributed by atoms with van der Waals surface area (Å²) in [5.41, 5.74) is 1.98. The van der Waals surface area contributed by atoms with Gasteiger partial charge in [0.1, 0.15) is 17.6 Å². The van der Waals surface area contributed by atoms with Crippen LogP contribution in [0.5, 0.6) is 0 Å². The van der Waals surface area contributed by atoms with E-state index in [9.17, 15) is 14.4 Å². The van der Waals surface area contributed by atoms with Crippen molar-refractivity contribution in [3.63, 3.8) is 0 Å². The number of hydrogen-bond donors (Lipinski definition) is 2. The van der Waals surface area contributed by atoms with E-state index in [1.54, 1.807) is 24.3 Å². The minimum atomic E-state index is -0.842. The number of aromatic nitrogens is 1. The first-order valence-corrected chi connectivity index (χ1v) is 10.8. The normalized spacial score (nSPS) is 23.0. The first-order valence-electron chi connectivity index (χ1n) is 10.8. The Morgan fingerprint density at radius 1 is 1.16 bits per heavy atom. The zero-order valence-corrected chi connectivity index (χ0v) is 17.8. The van der Waals surface area contributed by atoms with Crippen LogP contribution in [-0.4, -0.2) is 39.8 Å². The maximum Gasteiger partial charge on any atom is 0.325 e. The summed E-state index contributed by atoms with van der Waals surface area (Å²) in [6.07, 6.45) is 3.01. The number of amides is 4. The van der Waals surface area contributed by atoms with Gasteiger partial charge in [-0.3, -0.25) is 14.5 Å². The summed E-state index contributed by atoms with van der Waals surface area (Å²) in [6.45, 7) is 1.84. The van der Waals surface area contributed by atoms with Gasteiger partial charge in [-0.25, -0.2) is 9.78 Å². The molecule has 2 aromatic carbocycles. The van der Waals surface area contributed by atoms with Crippen molar-refractivity contribution in [1.29, 1.82) is 0 Å². The highest BCUT2D eigenvalue weighted by Gasteiger charge is 2.52. The van der Waals surface area contributed by atoms with Gasteiger partial charge in [0.25, 0.3) is 5.91 Å². The van der Waals surface area contributed by atoms with Gasteiger partial charge in [-0.05, 0) is 68.0 Å². The highest BCUT2D eigenvalue weighted by atomic mass is 16.3. The second-order valence-corrected chi connectivity index (χ2v) is 8.70. The number of nitrogens with zero attached hydrogens (tertiary/aromatic N) is 2. The largest absolute Gasteiger partial charge is 0.436 e. The smallest absolute Gasteiger partial charge is 0.325 e. The van der Waals surface area contributed by atoms with Crippen LogP contribution in [0.3, 0.4) is 0 Å². The summed E-state index contributed by atoms with van der Waals surface area (Å²) < 4.78 is 5.76. The van der Waals surface area contributed by atoms with Gasteiger partial charge in [-0.15, -0.1) is 0 Å². The van der Waals surface area contributed by atoms with Gasteiger partial charge in [0.15, 0.2) is 5.58 Å². The molecular formula is C24H24N4O4. The number of urea groups is 1. The molecule has 8 heteroatoms. The number of imide groups is 1. The van der Waals surface area contributed by atoms with Crippen molar-refractivity contribution in [2.24, 2.45) is 5.92 Å². The SMILES string of the molecule is CC1CCC2(CC1)NC(=O)N(CC(=O)Nc1ccc(-c3nc4ccccc4o3)cc1)C2=O. The van der Waals surface area contributed by atoms with Crippen LogP contribution in [-0.2, 0) is 9.59 Å². The molecule has 32 heavy (non-hydrogen) atoms. The number of para-hydroxylation sites is 2. The molecule has 5 rings (SSSR count). The molecular weight excluding hydrogens is 408 g/mol. The van der Waals surface area contributed by atoms with E-state index in [1.165, 1.54) is 0 Å². The molecule has 1 spiro atoms. The lowest BCUT2D eigenvalue weighted by atomic mass is 9.77. The standard InChI is InChI=1S/C24H24N4O4/c1-15-10-12-24(13-11-15)22(30)28(23(31)27-24)14-20(29)25-17-8-6-16(7-9-17)21-26-18-4-2-3-5-19(18)32-21/h2-9,15H,10-14H2,1H3,(H,25,29)(H,27,31). The van der Waals surface area contributed by atoms with E-state index in [1.807, 2.05) is 24.3 Å². The van der Waals surface area contributed by atoms with E-state index in [-0.39, 0.29) is 12.5 Å². The minimum Gasteiger partial charge on any atom is -0.436 e. The van der Waals surface area contributed by atoms with Crippen molar-refractivity contribution in [1.82, 2.24) is 15.2 Å². The van der Waals surface area contributed by atoms with E-state index in [0.29, 0.717) is 35.9 Å². The maximum atomic E-state index is 12.9. The van der Waals surface area contributed by atoms with Crippen LogP contribution >= 0.6 is 0 Å². The molecule has 2 N–H and O–H groups in total. The second-order valence-electron chi connectivity index (χ2n) is 8.70. The molecule has 1 saturated carbocycles. The Morgan fingerprint density at radius 3 is 2.59 bits per heavy atom. The number of oxazole rings is 1. The van der Waals surface area contributed by atoms with Gasteiger partial charge in [0, 0.05) is 11.3 Å². The molecule has 0 radical (unpaired) electrons. The van der Waals surface area contributed by atoms with Gasteiger partial charge in [-0.1, -0.05) is 19.1 Å². The molecule has 2 heterocycles. The Kier molecular flexibility index (Phi) is 4.92. The van der Waals surface area contributed by atoms with E-state index >= 15 is 0 Å². The fourth-order valence-electron chi connectivity index (χ4n) is 4.45. The van der Waals surface area contributed by atoms with Crippen molar-refractivity contribution < 1.29 is 18.8 Å². The molecule has 164 valence electrons. The number of nitrogens with one attached hydrogen (secondary N) is 2. The Balaban J connectivity index is 1.23. The van der Waals surface area contributed by atoms with Gasteiger partial charge in [0.05, 0.1) is 0 Å². The monoisotopic (exact) mass is 432 g/mol. The number of carbonyl (C=O) groups excluding carboxylic acids is 3. The Hall–Kier alpha value is -3.68. The van der Waals surface area contributed by atoms with Gasteiger partial charge in [-0.2, -0.15) is 0 Å². The molecule has 0 atom stereocenters. The molecule has 4 amide bonds. The van der Waals surface area contributed by atoms with Crippen LogP contribution in [0, 0.1) is 5.92 Å². The average Bonchev–Trinajstić information content (AvgIpc) is 3.32. The summed E-state index contributed by atoms with van der Waals surface area (Å²) in [5.74, 6) is 0.316. The predicted octanol–water partition coefficient (Wildman–Crippen LogP) is 3.93. The number of hydrogen-bond acceptors (Lipinski definition) is 5. The predicted molar refractivity (Wildman–Crippen MR) is 119 cm³/mol. The maximum absolute atomic E-state index is 12.9. The second kappa shape index (κ2) is 7.78. The fraction of sp³-hybridized carbons (Fsp3) is 0.333. The highest BCUT2D eigenvalue weighted by Crippen LogP contribution is 2.36. The molecule has 8 nitrogen and oxygen atoms in total. The van der Waals surface area contributed by atoms with Crippen LogP contribution in [0.2, 0.25) is 0 Å². The van der Waals surface area contributed by atoms with Crippen LogP contribution < -0.4 is 10.6 Å². The van der Waals surface area contributed by atoms with Crippen LogP contribution in [0.25, 0.3) is 22.6 Å². The summed E-state index contributed by atoms with van der Waals surface area (Å²) >= 11 is 0. The van der Waals surface area contributed by atoms with Crippen LogP contribution in [0.1, 0.15) is 32.6 Å². The van der Waals surface area contributed by atoms with Crippen molar-refractivity contribution in [2.45, 2.75) is 38.1 Å². The summed E-state index contributed by atoms with van der Waals surface area (Å²) in [5, 5.41) is 5.59. The van der Waals surface area contributed by atoms with E-state index < -0.39 is 17.5 Å². The number of rotatable bonds is 4. The Morgan fingerprint density at radius 2 is 1.88 bits per heavy atom. The van der Waals surface area contributed by atoms with Crippen molar-refractivity contribution in [3.8, 4) is 11.5 Å². The van der Waals surface area contributed by atoms with Crippen molar-refractivity contribution in [3.05, 3.63) is 48.5 Å². The van der Waals surface area contributed by atoms with Crippen molar-refractivity contribution >= 4 is 34.6 Å². The molecule has 0 bridgehead atoms. The van der Waals surface area contributed by atoms with E-state index in [2.05, 4.69) is 22.5 Å². The minimum absolute atomic E-state index is 0.296. The third-order valence-corrected chi connectivity index (χ3v) is 6.38. The molecule has 1 saturated heterocycles. The number of benzene rings is 2. The quantitative estimate of drug-likeness (QED) is 0.608. The van der Waals surface area contributed by atoms with Crippen LogP contribution in [0.15, 0.2) is 52.9 Å². The first-order chi connectivity index (χ1) is 15.4. The van der Waals surface area contributed by atoms with Crippen molar-refractivity contribution in [2.75, 3.05) is 11.9 Å². The molecule has 1 aliphatic heterocycles. The highest BCUT2D eigenvalue weighted by molar-refractivity contribution is 6.10. The van der Waals surface area contributed by atoms with Gasteiger partial charge >= 0.3 is 6.03 Å². The fourth-order valence-corrected chi connectivity index (χ4v) is 4.45. The van der Waals surface area contributed by atoms with E-state index in [0.717, 1.165) is 28.8 Å². The Labute approximate surface area is 185 Å². The summed E-state index contributed by atoms with van der Waals surface area (Å²) in [7, 11) is 0. The third-order valence-electron chi connectivity index (χ3n) is 6.38. The zero-order valence-electron chi connectivity index (χ0n) is 17.8. The van der Waals surface area contributed by atoms with Crippen LogP contribution in [0.4, 0.5) is 10.5 Å². The molecule has 2 aliphatic rings. The average molecular weight is 432 g/mol. The molecule has 1 aromatic heterocycles. The number of anilines is 1. The van der Waals surface area contributed by atoms with Gasteiger partial charge < -0.3 is 15.1 Å². The Bertz CT molecular complexity index is 1160. The first kappa shape index (κ1) is 20.2. The lowest BCUT2D eigenvalue weighted by Crippen LogP contribution is -2.49. The summed E-state index contributed by atoms with van der Waals surface area (Å²) in [4.78, 5) is 43.3. The number of carbonyl (C=O) groups is 3. The molecule has 3 aromatic rings. The molecule has 0 unspecified atom stereocenters. The molecule has 2 fully saturated rings.